The third-order valence-corrected chi connectivity index (χ3v) is 3.16. The molecule has 0 aliphatic rings. The van der Waals surface area contributed by atoms with Crippen LogP contribution in [0.4, 0.5) is 17.1 Å². The molecule has 0 heterocycles. The normalized spacial score (nSPS) is 9.76. The molecule has 3 N–H and O–H groups in total. The van der Waals surface area contributed by atoms with Crippen LogP contribution in [-0.2, 0) is 0 Å². The van der Waals surface area contributed by atoms with Crippen LogP contribution in [0.2, 0.25) is 0 Å². The van der Waals surface area contributed by atoms with Gasteiger partial charge in [-0.05, 0) is 36.5 Å². The fourth-order valence-electron chi connectivity index (χ4n) is 1.55. The first-order chi connectivity index (χ1) is 10.0. The number of nitrogens with one attached hydrogen (secondary N) is 3. The lowest BCUT2D eigenvalue weighted by Gasteiger charge is -2.12. The van der Waals surface area contributed by atoms with E-state index in [-0.39, 0.29) is 5.69 Å². The fraction of sp³-hybridized carbons (Fsp3) is 0. The summed E-state index contributed by atoms with van der Waals surface area (Å²) in [6.07, 6.45) is 0. The minimum atomic E-state index is -0.455. The van der Waals surface area contributed by atoms with E-state index in [9.17, 15) is 10.1 Å². The number of nitrogens with zero attached hydrogens (tertiary/aromatic N) is 1. The van der Waals surface area contributed by atoms with Gasteiger partial charge >= 0.3 is 0 Å². The number of hydrazine groups is 1. The van der Waals surface area contributed by atoms with Crippen LogP contribution in [0.25, 0.3) is 0 Å². The van der Waals surface area contributed by atoms with Crippen molar-refractivity contribution in [3.8, 4) is 0 Å². The zero-order chi connectivity index (χ0) is 15.2. The van der Waals surface area contributed by atoms with Crippen molar-refractivity contribution < 1.29 is 4.92 Å². The van der Waals surface area contributed by atoms with Crippen molar-refractivity contribution in [1.29, 1.82) is 0 Å². The summed E-state index contributed by atoms with van der Waals surface area (Å²) in [4.78, 5) is 10.2. The van der Waals surface area contributed by atoms with Crippen LogP contribution < -0.4 is 16.2 Å². The molecule has 2 aromatic rings. The van der Waals surface area contributed by atoms with Crippen LogP contribution in [0.1, 0.15) is 0 Å². The number of benzene rings is 2. The Morgan fingerprint density at radius 1 is 1.14 bits per heavy atom. The smallest absolute Gasteiger partial charge is 0.271 e. The molecule has 0 aliphatic carbocycles. The topological polar surface area (TPSA) is 79.2 Å². The number of nitro groups is 1. The number of rotatable bonds is 4. The minimum absolute atomic E-state index is 0.00710. The molecule has 0 aliphatic heterocycles. The Balaban J connectivity index is 1.92. The Morgan fingerprint density at radius 3 is 2.57 bits per heavy atom. The van der Waals surface area contributed by atoms with E-state index < -0.39 is 4.92 Å². The quantitative estimate of drug-likeness (QED) is 0.435. The van der Waals surface area contributed by atoms with E-state index in [1.807, 2.05) is 24.3 Å². The van der Waals surface area contributed by atoms with Crippen molar-refractivity contribution >= 4 is 50.3 Å². The summed E-state index contributed by atoms with van der Waals surface area (Å²) in [5.41, 5.74) is 6.94. The van der Waals surface area contributed by atoms with Crippen LogP contribution in [0.3, 0.4) is 0 Å². The molecule has 21 heavy (non-hydrogen) atoms. The Bertz CT molecular complexity index is 681. The number of nitro benzene ring substituents is 1. The predicted molar refractivity (Wildman–Crippen MR) is 90.2 cm³/mol. The fourth-order valence-corrected chi connectivity index (χ4v) is 2.12. The van der Waals surface area contributed by atoms with Gasteiger partial charge in [-0.1, -0.05) is 28.1 Å². The summed E-state index contributed by atoms with van der Waals surface area (Å²) in [6, 6.07) is 13.6. The molecular weight excluding hydrogens is 356 g/mol. The Morgan fingerprint density at radius 2 is 1.86 bits per heavy atom. The molecule has 2 rings (SSSR count). The van der Waals surface area contributed by atoms with E-state index in [0.717, 1.165) is 10.2 Å². The van der Waals surface area contributed by atoms with Gasteiger partial charge in [0, 0.05) is 22.3 Å². The van der Waals surface area contributed by atoms with Crippen molar-refractivity contribution in [2.75, 3.05) is 10.7 Å². The number of halogens is 1. The Labute approximate surface area is 134 Å². The maximum atomic E-state index is 10.7. The molecule has 0 fully saturated rings. The van der Waals surface area contributed by atoms with Crippen LogP contribution in [0.15, 0.2) is 53.0 Å². The largest absolute Gasteiger partial charge is 0.331 e. The summed E-state index contributed by atoms with van der Waals surface area (Å²) in [5, 5.41) is 14.0. The van der Waals surface area contributed by atoms with Gasteiger partial charge in [0.1, 0.15) is 0 Å². The van der Waals surface area contributed by atoms with Crippen molar-refractivity contribution in [1.82, 2.24) is 5.43 Å². The zero-order valence-electron chi connectivity index (χ0n) is 10.7. The van der Waals surface area contributed by atoms with Gasteiger partial charge in [-0.3, -0.25) is 21.0 Å². The molecule has 0 unspecified atom stereocenters. The molecule has 0 aromatic heterocycles. The first kappa shape index (κ1) is 15.2. The molecule has 0 radical (unpaired) electrons. The van der Waals surface area contributed by atoms with Gasteiger partial charge < -0.3 is 5.32 Å². The van der Waals surface area contributed by atoms with Crippen LogP contribution >= 0.6 is 28.1 Å². The molecule has 6 nitrogen and oxygen atoms in total. The standard InChI is InChI=1S/C13H11BrN4O2S/c14-9-3-1-4-10(7-9)15-13(21)17-16-11-5-2-6-12(8-11)18(19)20/h1-8,16H,(H2,15,17,21). The maximum Gasteiger partial charge on any atom is 0.271 e. The van der Waals surface area contributed by atoms with E-state index in [0.29, 0.717) is 10.8 Å². The average molecular weight is 367 g/mol. The summed E-state index contributed by atoms with van der Waals surface area (Å²) in [7, 11) is 0. The molecule has 108 valence electrons. The van der Waals surface area contributed by atoms with E-state index in [1.165, 1.54) is 12.1 Å². The lowest BCUT2D eigenvalue weighted by molar-refractivity contribution is -0.384. The first-order valence-corrected chi connectivity index (χ1v) is 7.08. The van der Waals surface area contributed by atoms with Gasteiger partial charge in [-0.15, -0.1) is 0 Å². The highest BCUT2D eigenvalue weighted by molar-refractivity contribution is 9.10. The highest BCUT2D eigenvalue weighted by Gasteiger charge is 2.05. The van der Waals surface area contributed by atoms with Gasteiger partial charge in [0.2, 0.25) is 0 Å². The van der Waals surface area contributed by atoms with Crippen LogP contribution in [0.5, 0.6) is 0 Å². The SMILES string of the molecule is O=[N+]([O-])c1cccc(NNC(=S)Nc2cccc(Br)c2)c1. The van der Waals surface area contributed by atoms with Crippen molar-refractivity contribution in [3.05, 3.63) is 63.1 Å². The second-order valence-corrected chi connectivity index (χ2v) is 5.35. The Kier molecular flexibility index (Phi) is 5.07. The molecule has 0 amide bonds. The van der Waals surface area contributed by atoms with Crippen molar-refractivity contribution in [3.63, 3.8) is 0 Å². The molecule has 2 aromatic carbocycles. The van der Waals surface area contributed by atoms with Gasteiger partial charge in [0.05, 0.1) is 10.6 Å². The van der Waals surface area contributed by atoms with E-state index >= 15 is 0 Å². The van der Waals surface area contributed by atoms with Crippen LogP contribution in [-0.4, -0.2) is 10.0 Å². The van der Waals surface area contributed by atoms with Crippen molar-refractivity contribution in [2.24, 2.45) is 0 Å². The molecule has 0 saturated carbocycles. The lowest BCUT2D eigenvalue weighted by atomic mass is 10.3. The summed E-state index contributed by atoms with van der Waals surface area (Å²) in [6.45, 7) is 0. The van der Waals surface area contributed by atoms with Crippen LogP contribution in [0, 0.1) is 10.1 Å². The molecular formula is C13H11BrN4O2S. The summed E-state index contributed by atoms with van der Waals surface area (Å²) < 4.78 is 0.932. The van der Waals surface area contributed by atoms with Gasteiger partial charge in [0.25, 0.3) is 5.69 Å². The molecule has 0 saturated heterocycles. The van der Waals surface area contributed by atoms with Gasteiger partial charge in [-0.2, -0.15) is 0 Å². The van der Waals surface area contributed by atoms with E-state index in [1.54, 1.807) is 12.1 Å². The highest BCUT2D eigenvalue weighted by atomic mass is 79.9. The van der Waals surface area contributed by atoms with Gasteiger partial charge in [0.15, 0.2) is 5.11 Å². The molecule has 0 bridgehead atoms. The van der Waals surface area contributed by atoms with Crippen molar-refractivity contribution in [2.45, 2.75) is 0 Å². The predicted octanol–water partition coefficient (Wildman–Crippen LogP) is 3.67. The third kappa shape index (κ3) is 4.69. The Hall–Kier alpha value is -2.19. The van der Waals surface area contributed by atoms with E-state index in [2.05, 4.69) is 32.1 Å². The average Bonchev–Trinajstić information content (AvgIpc) is 2.45. The third-order valence-electron chi connectivity index (χ3n) is 2.46. The molecule has 0 spiro atoms. The zero-order valence-corrected chi connectivity index (χ0v) is 13.1. The summed E-state index contributed by atoms with van der Waals surface area (Å²) in [5.74, 6) is 0. The number of hydrogen-bond acceptors (Lipinski definition) is 4. The van der Waals surface area contributed by atoms with Gasteiger partial charge in [-0.25, -0.2) is 0 Å². The second kappa shape index (κ2) is 7.00. The monoisotopic (exact) mass is 366 g/mol. The number of non-ortho nitro benzene ring substituents is 1. The lowest BCUT2D eigenvalue weighted by Crippen LogP contribution is -2.33. The minimum Gasteiger partial charge on any atom is -0.331 e. The maximum absolute atomic E-state index is 10.7. The molecule has 0 atom stereocenters. The first-order valence-electron chi connectivity index (χ1n) is 5.87. The number of thiocarbonyl (C=S) groups is 1. The number of hydrogen-bond donors (Lipinski definition) is 3. The number of anilines is 2. The summed E-state index contributed by atoms with van der Waals surface area (Å²) >= 11 is 8.50. The molecule has 8 heteroatoms. The van der Waals surface area contributed by atoms with E-state index in [4.69, 9.17) is 12.2 Å². The second-order valence-electron chi connectivity index (χ2n) is 4.02. The highest BCUT2D eigenvalue weighted by Crippen LogP contribution is 2.17.